The molecule has 44 heavy (non-hydrogen) atoms. The van der Waals surface area contributed by atoms with Crippen LogP contribution in [0.5, 0.6) is 0 Å². The second-order valence-corrected chi connectivity index (χ2v) is 14.9. The fourth-order valence-corrected chi connectivity index (χ4v) is 8.11. The molecule has 2 amide bonds. The van der Waals surface area contributed by atoms with Crippen molar-refractivity contribution in [3.05, 3.63) is 40.7 Å². The van der Waals surface area contributed by atoms with E-state index in [0.29, 0.717) is 69.1 Å². The normalized spacial score (nSPS) is 21.8. The molecule has 5 rings (SSSR count). The molecule has 3 heterocycles. The molecule has 1 aromatic carbocycles. The Morgan fingerprint density at radius 2 is 1.80 bits per heavy atom. The van der Waals surface area contributed by atoms with Crippen molar-refractivity contribution in [1.82, 2.24) is 20.2 Å². The number of halogens is 1. The molecule has 5 N–H and O–H groups in total. The van der Waals surface area contributed by atoms with Crippen molar-refractivity contribution in [3.63, 3.8) is 0 Å². The van der Waals surface area contributed by atoms with E-state index in [2.05, 4.69) is 29.1 Å². The van der Waals surface area contributed by atoms with Crippen molar-refractivity contribution >= 4 is 50.7 Å². The lowest BCUT2D eigenvalue weighted by atomic mass is 9.86. The zero-order valence-corrected chi connectivity index (χ0v) is 26.7. The van der Waals surface area contributed by atoms with Crippen molar-refractivity contribution in [1.29, 1.82) is 0 Å². The van der Waals surface area contributed by atoms with Crippen molar-refractivity contribution in [2.24, 2.45) is 10.9 Å². The molecule has 2 aliphatic heterocycles. The minimum Gasteiger partial charge on any atom is -0.382 e. The Kier molecular flexibility index (Phi) is 9.47. The number of nitrogen functional groups attached to an aromatic ring is 2. The average molecular weight is 646 g/mol. The summed E-state index contributed by atoms with van der Waals surface area (Å²) in [5, 5.41) is 2.18. The van der Waals surface area contributed by atoms with E-state index in [9.17, 15) is 18.0 Å². The summed E-state index contributed by atoms with van der Waals surface area (Å²) in [6.45, 7) is 5.81. The number of anilines is 2. The maximum atomic E-state index is 13.5. The first-order valence-corrected chi connectivity index (χ1v) is 17.0. The average Bonchev–Trinajstić information content (AvgIpc) is 3.39. The van der Waals surface area contributed by atoms with Crippen molar-refractivity contribution < 1.29 is 22.7 Å². The molecule has 1 aromatic heterocycles. The van der Waals surface area contributed by atoms with Gasteiger partial charge in [0.05, 0.1) is 21.8 Å². The van der Waals surface area contributed by atoms with Gasteiger partial charge in [-0.05, 0) is 69.1 Å². The van der Waals surface area contributed by atoms with Crippen molar-refractivity contribution in [2.45, 2.75) is 87.0 Å². The quantitative estimate of drug-likeness (QED) is 0.404. The number of hydrogen-bond donors (Lipinski definition) is 3. The third kappa shape index (κ3) is 7.00. The molecule has 0 unspecified atom stereocenters. The Morgan fingerprint density at radius 3 is 2.48 bits per heavy atom. The SMILES string of the molecule is CC(C)COC1CCC(S(=O)(=O)c2cccc(C(=O)N3CCC4(CCC(NC(=O)c5nc(Cl)c(N)nc5N)=N4)CC3)c2)CC1. The molecule has 2 fully saturated rings. The summed E-state index contributed by atoms with van der Waals surface area (Å²) in [5.41, 5.74) is 11.2. The maximum Gasteiger partial charge on any atom is 0.279 e. The molecular formula is C30H40ClN7O5S. The van der Waals surface area contributed by atoms with E-state index in [1.807, 2.05) is 0 Å². The molecule has 238 valence electrons. The Hall–Kier alpha value is -3.29. The predicted octanol–water partition coefficient (Wildman–Crippen LogP) is 3.65. The zero-order valence-electron chi connectivity index (χ0n) is 25.1. The third-order valence-electron chi connectivity index (χ3n) is 8.69. The number of benzene rings is 1. The minimum absolute atomic E-state index is 0.0575. The molecule has 3 aliphatic rings. The Balaban J connectivity index is 1.18. The second-order valence-electron chi connectivity index (χ2n) is 12.4. The van der Waals surface area contributed by atoms with E-state index in [4.69, 9.17) is 32.8 Å². The molecule has 1 spiro atoms. The topological polar surface area (TPSA) is 183 Å². The van der Waals surface area contributed by atoms with E-state index in [-0.39, 0.29) is 39.4 Å². The highest BCUT2D eigenvalue weighted by atomic mass is 35.5. The summed E-state index contributed by atoms with van der Waals surface area (Å²) in [6, 6.07) is 6.41. The largest absolute Gasteiger partial charge is 0.382 e. The van der Waals surface area contributed by atoms with Gasteiger partial charge in [-0.15, -0.1) is 0 Å². The number of amides is 2. The first-order chi connectivity index (χ1) is 20.9. The van der Waals surface area contributed by atoms with E-state index in [1.54, 1.807) is 23.1 Å². The number of hydrogen-bond acceptors (Lipinski definition) is 10. The highest BCUT2D eigenvalue weighted by Gasteiger charge is 2.40. The first-order valence-electron chi connectivity index (χ1n) is 15.1. The van der Waals surface area contributed by atoms with Crippen molar-refractivity contribution in [2.75, 3.05) is 31.2 Å². The van der Waals surface area contributed by atoms with Crippen LogP contribution in [0.15, 0.2) is 34.2 Å². The number of nitrogens with zero attached hydrogens (tertiary/aromatic N) is 4. The Morgan fingerprint density at radius 1 is 1.09 bits per heavy atom. The smallest absolute Gasteiger partial charge is 0.279 e. The number of nitrogens with one attached hydrogen (secondary N) is 1. The van der Waals surface area contributed by atoms with Crippen LogP contribution in [0.2, 0.25) is 5.15 Å². The molecule has 12 nitrogen and oxygen atoms in total. The maximum absolute atomic E-state index is 13.5. The third-order valence-corrected chi connectivity index (χ3v) is 11.2. The predicted molar refractivity (Wildman–Crippen MR) is 168 cm³/mol. The minimum atomic E-state index is -3.57. The van der Waals surface area contributed by atoms with Crippen LogP contribution in [-0.4, -0.2) is 77.5 Å². The number of carbonyl (C=O) groups excluding carboxylic acids is 2. The van der Waals surface area contributed by atoms with Gasteiger partial charge in [0, 0.05) is 31.7 Å². The van der Waals surface area contributed by atoms with E-state index in [1.165, 1.54) is 6.07 Å². The van der Waals surface area contributed by atoms with Gasteiger partial charge in [0.15, 0.2) is 32.3 Å². The monoisotopic (exact) mass is 645 g/mol. The van der Waals surface area contributed by atoms with Crippen LogP contribution in [0.25, 0.3) is 0 Å². The molecule has 14 heteroatoms. The number of rotatable bonds is 7. The number of aliphatic imine (C=N–C) groups is 1. The van der Waals surface area contributed by atoms with Crippen LogP contribution < -0.4 is 16.8 Å². The van der Waals surface area contributed by atoms with Gasteiger partial charge in [-0.2, -0.15) is 0 Å². The number of amidine groups is 1. The van der Waals surface area contributed by atoms with E-state index < -0.39 is 26.5 Å². The fourth-order valence-electron chi connectivity index (χ4n) is 6.15. The van der Waals surface area contributed by atoms with Crippen LogP contribution in [0.4, 0.5) is 11.6 Å². The summed E-state index contributed by atoms with van der Waals surface area (Å²) < 4.78 is 32.9. The number of piperidine rings is 1. The highest BCUT2D eigenvalue weighted by molar-refractivity contribution is 7.92. The molecule has 1 saturated heterocycles. The number of carbonyl (C=O) groups is 2. The molecule has 0 radical (unpaired) electrons. The fraction of sp³-hybridized carbons (Fsp3) is 0.567. The lowest BCUT2D eigenvalue weighted by molar-refractivity contribution is 0.0143. The lowest BCUT2D eigenvalue weighted by Crippen LogP contribution is -2.45. The summed E-state index contributed by atoms with van der Waals surface area (Å²) in [7, 11) is -3.57. The van der Waals surface area contributed by atoms with Gasteiger partial charge in [0.1, 0.15) is 5.84 Å². The van der Waals surface area contributed by atoms with Crippen LogP contribution in [0, 0.1) is 5.92 Å². The second kappa shape index (κ2) is 13.0. The number of sulfone groups is 1. The van der Waals surface area contributed by atoms with Crippen LogP contribution in [0.3, 0.4) is 0 Å². The summed E-state index contributed by atoms with van der Waals surface area (Å²) in [5.74, 6) is 0.00602. The molecule has 1 saturated carbocycles. The molecule has 2 aromatic rings. The van der Waals surface area contributed by atoms with E-state index >= 15 is 0 Å². The molecular weight excluding hydrogens is 606 g/mol. The van der Waals surface area contributed by atoms with Crippen LogP contribution >= 0.6 is 11.6 Å². The van der Waals surface area contributed by atoms with Gasteiger partial charge in [-0.1, -0.05) is 31.5 Å². The summed E-state index contributed by atoms with van der Waals surface area (Å²) in [6.07, 6.45) is 5.17. The van der Waals surface area contributed by atoms with Gasteiger partial charge < -0.3 is 26.4 Å². The highest BCUT2D eigenvalue weighted by Crippen LogP contribution is 2.36. The lowest BCUT2D eigenvalue weighted by Gasteiger charge is -2.37. The van der Waals surface area contributed by atoms with Crippen molar-refractivity contribution in [3.8, 4) is 0 Å². The number of nitrogens with two attached hydrogens (primary N) is 2. The van der Waals surface area contributed by atoms with E-state index in [0.717, 1.165) is 19.3 Å². The number of ether oxygens (including phenoxy) is 1. The van der Waals surface area contributed by atoms with Crippen LogP contribution in [0.1, 0.15) is 86.1 Å². The summed E-state index contributed by atoms with van der Waals surface area (Å²) in [4.78, 5) is 40.7. The Bertz CT molecular complexity index is 1550. The Labute approximate surface area is 262 Å². The standard InChI is InChI=1S/C30H40ClN7O5S/c1-18(2)17-43-20-6-8-21(9-7-20)44(41,42)22-5-3-4-19(16-22)29(40)38-14-12-30(13-15-38)11-10-23(37-30)34-28(39)24-26(32)36-27(33)25(31)35-24/h3-5,16,18,20-21H,6-15,17H2,1-2H3,(H4,32,33,36)(H,34,37,39). The zero-order chi connectivity index (χ0) is 31.6. The van der Waals surface area contributed by atoms with Crippen LogP contribution in [-0.2, 0) is 14.6 Å². The van der Waals surface area contributed by atoms with Gasteiger partial charge >= 0.3 is 0 Å². The number of aromatic nitrogens is 2. The first kappa shape index (κ1) is 32.1. The van der Waals surface area contributed by atoms with Gasteiger partial charge in [-0.25, -0.2) is 18.4 Å². The summed E-state index contributed by atoms with van der Waals surface area (Å²) >= 11 is 5.90. The van der Waals surface area contributed by atoms with Gasteiger partial charge in [-0.3, -0.25) is 14.6 Å². The molecule has 1 aliphatic carbocycles. The molecule has 0 atom stereocenters. The number of likely N-dealkylation sites (tertiary alicyclic amines) is 1. The molecule has 0 bridgehead atoms. The van der Waals surface area contributed by atoms with Gasteiger partial charge in [0.25, 0.3) is 11.8 Å². The van der Waals surface area contributed by atoms with Gasteiger partial charge in [0.2, 0.25) is 0 Å².